The molecule has 2 rings (SSSR count). The Labute approximate surface area is 104 Å². The average molecular weight is 242 g/mol. The molecule has 1 aliphatic rings. The predicted octanol–water partition coefficient (Wildman–Crippen LogP) is 1.61. The number of hydrogen-bond donors (Lipinski definition) is 1. The fourth-order valence-electron chi connectivity index (χ4n) is 2.10. The number of halogens is 1. The summed E-state index contributed by atoms with van der Waals surface area (Å²) in [4.78, 5) is 6.74. The summed E-state index contributed by atoms with van der Waals surface area (Å²) in [7, 11) is 2.20. The van der Waals surface area contributed by atoms with Gasteiger partial charge >= 0.3 is 0 Å². The first kappa shape index (κ1) is 13.4. The molecule has 2 heterocycles. The van der Waals surface area contributed by atoms with E-state index in [1.807, 2.05) is 12.3 Å². The van der Waals surface area contributed by atoms with E-state index >= 15 is 0 Å². The van der Waals surface area contributed by atoms with E-state index in [9.17, 15) is 0 Å². The Hall–Kier alpha value is -0.640. The van der Waals surface area contributed by atoms with Crippen molar-refractivity contribution in [2.75, 3.05) is 20.1 Å². The third kappa shape index (κ3) is 3.17. The van der Waals surface area contributed by atoms with Crippen LogP contribution in [0.5, 0.6) is 0 Å². The standard InChI is InChI=1S/C12H19N3.ClH/c1-10-11(4-3-6-14-10)9-15(2)12-5-7-13-8-12;/h3-4,6,12-13H,5,7-9H2,1-2H3;1H. The molecular weight excluding hydrogens is 222 g/mol. The molecule has 1 saturated heterocycles. The topological polar surface area (TPSA) is 28.2 Å². The molecule has 0 bridgehead atoms. The van der Waals surface area contributed by atoms with Crippen LogP contribution in [0.3, 0.4) is 0 Å². The van der Waals surface area contributed by atoms with Crippen molar-refractivity contribution < 1.29 is 0 Å². The van der Waals surface area contributed by atoms with Gasteiger partial charge in [-0.3, -0.25) is 9.88 Å². The summed E-state index contributed by atoms with van der Waals surface area (Å²) < 4.78 is 0. The monoisotopic (exact) mass is 241 g/mol. The van der Waals surface area contributed by atoms with Crippen LogP contribution in [0.2, 0.25) is 0 Å². The van der Waals surface area contributed by atoms with Gasteiger partial charge in [-0.1, -0.05) is 6.07 Å². The van der Waals surface area contributed by atoms with Crippen LogP contribution in [0.1, 0.15) is 17.7 Å². The van der Waals surface area contributed by atoms with Gasteiger partial charge in [0, 0.05) is 31.0 Å². The van der Waals surface area contributed by atoms with Gasteiger partial charge in [-0.2, -0.15) is 0 Å². The molecule has 90 valence electrons. The van der Waals surface area contributed by atoms with Crippen molar-refractivity contribution >= 4 is 12.4 Å². The fraction of sp³-hybridized carbons (Fsp3) is 0.583. The lowest BCUT2D eigenvalue weighted by molar-refractivity contribution is 0.248. The molecule has 1 aromatic rings. The highest BCUT2D eigenvalue weighted by molar-refractivity contribution is 5.85. The molecule has 4 heteroatoms. The zero-order valence-corrected chi connectivity index (χ0v) is 10.8. The maximum absolute atomic E-state index is 4.32. The number of likely N-dealkylation sites (N-methyl/N-ethyl adjacent to an activating group) is 1. The van der Waals surface area contributed by atoms with Gasteiger partial charge in [0.25, 0.3) is 0 Å². The lowest BCUT2D eigenvalue weighted by Gasteiger charge is -2.23. The molecule has 0 aliphatic carbocycles. The van der Waals surface area contributed by atoms with Crippen molar-refractivity contribution in [1.82, 2.24) is 15.2 Å². The minimum Gasteiger partial charge on any atom is -0.315 e. The molecule has 1 aromatic heterocycles. The summed E-state index contributed by atoms with van der Waals surface area (Å²) in [5.41, 5.74) is 2.49. The van der Waals surface area contributed by atoms with E-state index in [0.29, 0.717) is 6.04 Å². The summed E-state index contributed by atoms with van der Waals surface area (Å²) in [6.45, 7) is 5.36. The zero-order valence-electron chi connectivity index (χ0n) is 9.94. The van der Waals surface area contributed by atoms with Gasteiger partial charge < -0.3 is 5.32 Å². The van der Waals surface area contributed by atoms with E-state index in [1.165, 1.54) is 12.0 Å². The second kappa shape index (κ2) is 6.18. The molecule has 0 radical (unpaired) electrons. The Balaban J connectivity index is 0.00000128. The van der Waals surface area contributed by atoms with Gasteiger partial charge in [0.2, 0.25) is 0 Å². The molecule has 0 amide bonds. The van der Waals surface area contributed by atoms with Gasteiger partial charge in [0.1, 0.15) is 0 Å². The van der Waals surface area contributed by atoms with Crippen molar-refractivity contribution in [1.29, 1.82) is 0 Å². The Bertz CT molecular complexity index is 324. The van der Waals surface area contributed by atoms with Crippen LogP contribution in [0, 0.1) is 6.92 Å². The number of nitrogens with zero attached hydrogens (tertiary/aromatic N) is 2. The highest BCUT2D eigenvalue weighted by Crippen LogP contribution is 2.12. The first-order chi connectivity index (χ1) is 7.27. The molecule has 1 fully saturated rings. The summed E-state index contributed by atoms with van der Waals surface area (Å²) in [6.07, 6.45) is 3.12. The minimum absolute atomic E-state index is 0. The van der Waals surface area contributed by atoms with E-state index in [-0.39, 0.29) is 12.4 Å². The molecule has 0 aromatic carbocycles. The smallest absolute Gasteiger partial charge is 0.0417 e. The molecule has 1 unspecified atom stereocenters. The number of rotatable bonds is 3. The lowest BCUT2D eigenvalue weighted by Crippen LogP contribution is -2.33. The van der Waals surface area contributed by atoms with Crippen molar-refractivity contribution in [3.05, 3.63) is 29.6 Å². The Morgan fingerprint density at radius 1 is 1.56 bits per heavy atom. The van der Waals surface area contributed by atoms with Gasteiger partial charge in [-0.05, 0) is 38.6 Å². The van der Waals surface area contributed by atoms with Gasteiger partial charge in [-0.15, -0.1) is 12.4 Å². The van der Waals surface area contributed by atoms with Gasteiger partial charge in [0.15, 0.2) is 0 Å². The van der Waals surface area contributed by atoms with Crippen LogP contribution >= 0.6 is 12.4 Å². The molecule has 1 aliphatic heterocycles. The Morgan fingerprint density at radius 3 is 3.00 bits per heavy atom. The van der Waals surface area contributed by atoms with Crippen molar-refractivity contribution in [2.24, 2.45) is 0 Å². The van der Waals surface area contributed by atoms with Crippen LogP contribution < -0.4 is 5.32 Å². The average Bonchev–Trinajstić information content (AvgIpc) is 2.74. The number of hydrogen-bond acceptors (Lipinski definition) is 3. The van der Waals surface area contributed by atoms with E-state index in [0.717, 1.165) is 25.3 Å². The maximum Gasteiger partial charge on any atom is 0.0417 e. The number of pyridine rings is 1. The first-order valence-electron chi connectivity index (χ1n) is 5.59. The summed E-state index contributed by atoms with van der Waals surface area (Å²) in [5.74, 6) is 0. The Morgan fingerprint density at radius 2 is 2.38 bits per heavy atom. The lowest BCUT2D eigenvalue weighted by atomic mass is 10.1. The normalized spacial score (nSPS) is 19.8. The SMILES string of the molecule is Cc1ncccc1CN(C)C1CCNC1.Cl. The van der Waals surface area contributed by atoms with Crippen molar-refractivity contribution in [3.63, 3.8) is 0 Å². The second-order valence-corrected chi connectivity index (χ2v) is 4.31. The first-order valence-corrected chi connectivity index (χ1v) is 5.59. The van der Waals surface area contributed by atoms with E-state index in [2.05, 4.69) is 35.2 Å². The molecule has 3 nitrogen and oxygen atoms in total. The van der Waals surface area contributed by atoms with Crippen LogP contribution in [-0.4, -0.2) is 36.1 Å². The third-order valence-corrected chi connectivity index (χ3v) is 3.19. The summed E-state index contributed by atoms with van der Waals surface area (Å²) in [6, 6.07) is 4.87. The van der Waals surface area contributed by atoms with Crippen molar-refractivity contribution in [2.45, 2.75) is 25.9 Å². The molecule has 1 N–H and O–H groups in total. The van der Waals surface area contributed by atoms with E-state index in [4.69, 9.17) is 0 Å². The zero-order chi connectivity index (χ0) is 10.7. The molecule has 0 saturated carbocycles. The fourth-order valence-corrected chi connectivity index (χ4v) is 2.10. The highest BCUT2D eigenvalue weighted by atomic mass is 35.5. The Kier molecular flexibility index (Phi) is 5.19. The van der Waals surface area contributed by atoms with Gasteiger partial charge in [0.05, 0.1) is 0 Å². The number of nitrogens with one attached hydrogen (secondary N) is 1. The van der Waals surface area contributed by atoms with Gasteiger partial charge in [-0.25, -0.2) is 0 Å². The molecule has 0 spiro atoms. The second-order valence-electron chi connectivity index (χ2n) is 4.31. The summed E-state index contributed by atoms with van der Waals surface area (Å²) >= 11 is 0. The molecule has 16 heavy (non-hydrogen) atoms. The number of aromatic nitrogens is 1. The molecular formula is C12H20ClN3. The minimum atomic E-state index is 0. The number of aryl methyl sites for hydroxylation is 1. The largest absolute Gasteiger partial charge is 0.315 e. The third-order valence-electron chi connectivity index (χ3n) is 3.19. The predicted molar refractivity (Wildman–Crippen MR) is 69.0 cm³/mol. The van der Waals surface area contributed by atoms with Crippen LogP contribution in [0.15, 0.2) is 18.3 Å². The maximum atomic E-state index is 4.32. The molecule has 1 atom stereocenters. The van der Waals surface area contributed by atoms with E-state index in [1.54, 1.807) is 0 Å². The van der Waals surface area contributed by atoms with Crippen molar-refractivity contribution in [3.8, 4) is 0 Å². The summed E-state index contributed by atoms with van der Waals surface area (Å²) in [5, 5.41) is 3.40. The highest BCUT2D eigenvalue weighted by Gasteiger charge is 2.19. The van der Waals surface area contributed by atoms with Crippen LogP contribution in [0.4, 0.5) is 0 Å². The van der Waals surface area contributed by atoms with Crippen LogP contribution in [0.25, 0.3) is 0 Å². The quantitative estimate of drug-likeness (QED) is 0.872. The van der Waals surface area contributed by atoms with E-state index < -0.39 is 0 Å². The van der Waals surface area contributed by atoms with Crippen LogP contribution in [-0.2, 0) is 6.54 Å².